The summed E-state index contributed by atoms with van der Waals surface area (Å²) in [6.45, 7) is 6.68. The number of benzene rings is 1. The standard InChI is InChI=1S/C19H21N3O2/c1-12-7-15(19-17(8-12)13(2)14(3)22-19)9-21-18(23)11-24-16-5-4-6-20-10-16/h4-8,10,22H,9,11H2,1-3H3,(H,21,23). The molecule has 1 aromatic carbocycles. The fourth-order valence-electron chi connectivity index (χ4n) is 2.75. The van der Waals surface area contributed by atoms with Gasteiger partial charge < -0.3 is 15.0 Å². The number of aromatic amines is 1. The molecule has 2 aromatic heterocycles. The van der Waals surface area contributed by atoms with E-state index in [1.54, 1.807) is 24.5 Å². The van der Waals surface area contributed by atoms with E-state index in [4.69, 9.17) is 4.74 Å². The molecule has 3 rings (SSSR count). The van der Waals surface area contributed by atoms with E-state index in [2.05, 4.69) is 48.2 Å². The molecular weight excluding hydrogens is 302 g/mol. The van der Waals surface area contributed by atoms with Crippen molar-refractivity contribution in [2.45, 2.75) is 27.3 Å². The first-order valence-corrected chi connectivity index (χ1v) is 7.92. The topological polar surface area (TPSA) is 67.0 Å². The summed E-state index contributed by atoms with van der Waals surface area (Å²) in [5.74, 6) is 0.426. The zero-order valence-electron chi connectivity index (χ0n) is 14.1. The monoisotopic (exact) mass is 323 g/mol. The number of ether oxygens (including phenoxy) is 1. The number of hydrogen-bond acceptors (Lipinski definition) is 3. The van der Waals surface area contributed by atoms with Crippen molar-refractivity contribution < 1.29 is 9.53 Å². The minimum Gasteiger partial charge on any atom is -0.482 e. The van der Waals surface area contributed by atoms with E-state index in [0.29, 0.717) is 12.3 Å². The van der Waals surface area contributed by atoms with Gasteiger partial charge in [-0.3, -0.25) is 9.78 Å². The molecule has 0 saturated carbocycles. The minimum absolute atomic E-state index is 0.0244. The third-order valence-electron chi connectivity index (χ3n) is 4.12. The van der Waals surface area contributed by atoms with Crippen LogP contribution in [-0.4, -0.2) is 22.5 Å². The molecule has 0 saturated heterocycles. The average Bonchev–Trinajstić information content (AvgIpc) is 2.87. The van der Waals surface area contributed by atoms with Crippen molar-refractivity contribution in [2.75, 3.05) is 6.61 Å². The van der Waals surface area contributed by atoms with Gasteiger partial charge in [-0.05, 0) is 50.1 Å². The Balaban J connectivity index is 1.67. The van der Waals surface area contributed by atoms with Crippen LogP contribution in [0.2, 0.25) is 0 Å². The van der Waals surface area contributed by atoms with Crippen molar-refractivity contribution in [3.63, 3.8) is 0 Å². The van der Waals surface area contributed by atoms with Crippen LogP contribution in [-0.2, 0) is 11.3 Å². The molecule has 0 aliphatic heterocycles. The quantitative estimate of drug-likeness (QED) is 0.758. The van der Waals surface area contributed by atoms with Gasteiger partial charge in [0.2, 0.25) is 0 Å². The second-order valence-corrected chi connectivity index (χ2v) is 5.98. The van der Waals surface area contributed by atoms with Gasteiger partial charge in [0.15, 0.2) is 6.61 Å². The van der Waals surface area contributed by atoms with Gasteiger partial charge in [0, 0.05) is 23.8 Å². The van der Waals surface area contributed by atoms with Crippen LogP contribution >= 0.6 is 0 Å². The molecule has 0 aliphatic rings. The Kier molecular flexibility index (Phi) is 4.51. The van der Waals surface area contributed by atoms with Gasteiger partial charge in [-0.15, -0.1) is 0 Å². The van der Waals surface area contributed by atoms with Crippen molar-refractivity contribution in [2.24, 2.45) is 0 Å². The lowest BCUT2D eigenvalue weighted by Gasteiger charge is -2.09. The molecule has 5 heteroatoms. The van der Waals surface area contributed by atoms with Crippen LogP contribution in [0.15, 0.2) is 36.7 Å². The van der Waals surface area contributed by atoms with Crippen molar-refractivity contribution in [3.05, 3.63) is 59.0 Å². The third kappa shape index (κ3) is 3.40. The maximum atomic E-state index is 12.0. The van der Waals surface area contributed by atoms with Crippen LogP contribution in [0, 0.1) is 20.8 Å². The maximum Gasteiger partial charge on any atom is 0.258 e. The van der Waals surface area contributed by atoms with Gasteiger partial charge in [-0.2, -0.15) is 0 Å². The number of amides is 1. The normalized spacial score (nSPS) is 10.8. The van der Waals surface area contributed by atoms with Crippen LogP contribution in [0.4, 0.5) is 0 Å². The number of pyridine rings is 1. The number of nitrogens with one attached hydrogen (secondary N) is 2. The highest BCUT2D eigenvalue weighted by Crippen LogP contribution is 2.25. The summed E-state index contributed by atoms with van der Waals surface area (Å²) < 4.78 is 5.41. The second kappa shape index (κ2) is 6.74. The molecule has 0 atom stereocenters. The Hall–Kier alpha value is -2.82. The van der Waals surface area contributed by atoms with Gasteiger partial charge in [0.25, 0.3) is 5.91 Å². The lowest BCUT2D eigenvalue weighted by atomic mass is 10.0. The molecule has 2 heterocycles. The van der Waals surface area contributed by atoms with E-state index in [0.717, 1.165) is 16.8 Å². The molecule has 124 valence electrons. The van der Waals surface area contributed by atoms with E-state index >= 15 is 0 Å². The van der Waals surface area contributed by atoms with Crippen LogP contribution in [0.25, 0.3) is 10.9 Å². The zero-order valence-corrected chi connectivity index (χ0v) is 14.1. The number of carbonyl (C=O) groups excluding carboxylic acids is 1. The Morgan fingerprint density at radius 1 is 1.29 bits per heavy atom. The SMILES string of the molecule is Cc1cc(CNC(=O)COc2cccnc2)c2[nH]c(C)c(C)c2c1. The van der Waals surface area contributed by atoms with Crippen molar-refractivity contribution >= 4 is 16.8 Å². The Morgan fingerprint density at radius 3 is 2.88 bits per heavy atom. The predicted molar refractivity (Wildman–Crippen MR) is 94.1 cm³/mol. The smallest absolute Gasteiger partial charge is 0.258 e. The summed E-state index contributed by atoms with van der Waals surface area (Å²) in [7, 11) is 0. The number of rotatable bonds is 5. The molecule has 2 N–H and O–H groups in total. The molecule has 0 spiro atoms. The van der Waals surface area contributed by atoms with Gasteiger partial charge >= 0.3 is 0 Å². The molecule has 24 heavy (non-hydrogen) atoms. The van der Waals surface area contributed by atoms with Crippen LogP contribution in [0.1, 0.15) is 22.4 Å². The zero-order chi connectivity index (χ0) is 17.1. The average molecular weight is 323 g/mol. The number of aryl methyl sites for hydroxylation is 3. The van der Waals surface area contributed by atoms with Crippen molar-refractivity contribution in [1.82, 2.24) is 15.3 Å². The lowest BCUT2D eigenvalue weighted by molar-refractivity contribution is -0.123. The molecule has 0 fully saturated rings. The number of hydrogen-bond donors (Lipinski definition) is 2. The van der Waals surface area contributed by atoms with Crippen molar-refractivity contribution in [3.8, 4) is 5.75 Å². The fraction of sp³-hybridized carbons (Fsp3) is 0.263. The van der Waals surface area contributed by atoms with E-state index in [9.17, 15) is 4.79 Å². The van der Waals surface area contributed by atoms with Gasteiger partial charge in [-0.1, -0.05) is 11.6 Å². The Bertz CT molecular complexity index is 869. The summed E-state index contributed by atoms with van der Waals surface area (Å²) >= 11 is 0. The molecule has 0 bridgehead atoms. The summed E-state index contributed by atoms with van der Waals surface area (Å²) in [6, 6.07) is 7.81. The Labute approximate surface area is 141 Å². The lowest BCUT2D eigenvalue weighted by Crippen LogP contribution is -2.28. The molecule has 3 aromatic rings. The Morgan fingerprint density at radius 2 is 2.12 bits per heavy atom. The number of nitrogens with zero attached hydrogens (tertiary/aromatic N) is 1. The maximum absolute atomic E-state index is 12.0. The van der Waals surface area contributed by atoms with Gasteiger partial charge in [0.05, 0.1) is 11.7 Å². The molecule has 0 aliphatic carbocycles. The molecule has 0 unspecified atom stereocenters. The summed E-state index contributed by atoms with van der Waals surface area (Å²) in [4.78, 5) is 19.4. The van der Waals surface area contributed by atoms with Crippen LogP contribution in [0.3, 0.4) is 0 Å². The first-order valence-electron chi connectivity index (χ1n) is 7.92. The number of H-pyrrole nitrogens is 1. The second-order valence-electron chi connectivity index (χ2n) is 5.98. The van der Waals surface area contributed by atoms with E-state index in [-0.39, 0.29) is 12.5 Å². The van der Waals surface area contributed by atoms with Crippen LogP contribution in [0.5, 0.6) is 5.75 Å². The summed E-state index contributed by atoms with van der Waals surface area (Å²) in [5, 5.41) is 4.12. The highest BCUT2D eigenvalue weighted by atomic mass is 16.5. The highest BCUT2D eigenvalue weighted by Gasteiger charge is 2.11. The molecule has 1 amide bonds. The largest absolute Gasteiger partial charge is 0.482 e. The number of carbonyl (C=O) groups is 1. The first kappa shape index (κ1) is 16.1. The predicted octanol–water partition coefficient (Wildman–Crippen LogP) is 3.18. The number of fused-ring (bicyclic) bond motifs is 1. The molecule has 5 nitrogen and oxygen atoms in total. The minimum atomic E-state index is -0.159. The summed E-state index contributed by atoms with van der Waals surface area (Å²) in [5.41, 5.74) is 5.75. The van der Waals surface area contributed by atoms with Crippen LogP contribution < -0.4 is 10.1 Å². The molecular formula is C19H21N3O2. The van der Waals surface area contributed by atoms with E-state index in [1.165, 1.54) is 16.5 Å². The van der Waals surface area contributed by atoms with Gasteiger partial charge in [-0.25, -0.2) is 0 Å². The molecule has 0 radical (unpaired) electrons. The van der Waals surface area contributed by atoms with Gasteiger partial charge in [0.1, 0.15) is 5.75 Å². The number of aromatic nitrogens is 2. The van der Waals surface area contributed by atoms with E-state index < -0.39 is 0 Å². The van der Waals surface area contributed by atoms with Crippen molar-refractivity contribution in [1.29, 1.82) is 0 Å². The first-order chi connectivity index (χ1) is 11.5. The highest BCUT2D eigenvalue weighted by molar-refractivity contribution is 5.88. The van der Waals surface area contributed by atoms with E-state index in [1.807, 2.05) is 0 Å². The third-order valence-corrected chi connectivity index (χ3v) is 4.12. The summed E-state index contributed by atoms with van der Waals surface area (Å²) in [6.07, 6.45) is 3.25. The fourth-order valence-corrected chi connectivity index (χ4v) is 2.75.